The van der Waals surface area contributed by atoms with Crippen molar-refractivity contribution in [3.63, 3.8) is 0 Å². The number of carbonyl (C=O) groups excluding carboxylic acids is 2. The molecular formula is C26H26ClN5O3. The summed E-state index contributed by atoms with van der Waals surface area (Å²) in [5.41, 5.74) is 3.60. The molecule has 4 rings (SSSR count). The van der Waals surface area contributed by atoms with E-state index in [0.717, 1.165) is 10.6 Å². The van der Waals surface area contributed by atoms with E-state index in [1.165, 1.54) is 6.33 Å². The average Bonchev–Trinajstić information content (AvgIpc) is 3.34. The minimum absolute atomic E-state index is 0.294. The summed E-state index contributed by atoms with van der Waals surface area (Å²) >= 11 is 6.37. The van der Waals surface area contributed by atoms with Crippen LogP contribution in [0, 0.1) is 0 Å². The maximum absolute atomic E-state index is 13.2. The lowest BCUT2D eigenvalue weighted by atomic mass is 9.98. The van der Waals surface area contributed by atoms with Crippen molar-refractivity contribution in [3.05, 3.63) is 94.8 Å². The van der Waals surface area contributed by atoms with Crippen molar-refractivity contribution in [3.8, 4) is 0 Å². The van der Waals surface area contributed by atoms with Crippen LogP contribution in [0.4, 0.5) is 5.69 Å². The first-order valence-electron chi connectivity index (χ1n) is 11.1. The predicted octanol–water partition coefficient (Wildman–Crippen LogP) is 4.08. The SMILES string of the molecule is CC(C)c1ccc(C(=O)NC(c2ccccc2Cl)C(O)C(=O)N(N)c2ccc3nc[nH]c3c2)cc1. The summed E-state index contributed by atoms with van der Waals surface area (Å²) in [5.74, 6) is 5.13. The molecule has 0 aliphatic rings. The summed E-state index contributed by atoms with van der Waals surface area (Å²) in [6, 6.07) is 17.7. The Morgan fingerprint density at radius 2 is 1.80 bits per heavy atom. The fourth-order valence-electron chi connectivity index (χ4n) is 3.78. The van der Waals surface area contributed by atoms with E-state index in [9.17, 15) is 14.7 Å². The molecule has 3 aromatic carbocycles. The summed E-state index contributed by atoms with van der Waals surface area (Å²) in [6.07, 6.45) is -0.181. The van der Waals surface area contributed by atoms with Gasteiger partial charge in [-0.2, -0.15) is 0 Å². The normalized spacial score (nSPS) is 13.0. The number of nitrogens with two attached hydrogens (primary N) is 1. The van der Waals surface area contributed by atoms with Crippen molar-refractivity contribution >= 4 is 40.1 Å². The van der Waals surface area contributed by atoms with E-state index in [4.69, 9.17) is 17.4 Å². The molecule has 2 unspecified atom stereocenters. The van der Waals surface area contributed by atoms with Crippen LogP contribution in [0.25, 0.3) is 11.0 Å². The molecule has 0 radical (unpaired) electrons. The van der Waals surface area contributed by atoms with Gasteiger partial charge >= 0.3 is 0 Å². The van der Waals surface area contributed by atoms with Gasteiger partial charge < -0.3 is 15.4 Å². The zero-order valence-corrected chi connectivity index (χ0v) is 20.0. The zero-order chi connectivity index (χ0) is 25.1. The summed E-state index contributed by atoms with van der Waals surface area (Å²) in [5, 5.41) is 15.0. The highest BCUT2D eigenvalue weighted by Gasteiger charge is 2.33. The van der Waals surface area contributed by atoms with Crippen LogP contribution in [-0.4, -0.2) is 33.0 Å². The van der Waals surface area contributed by atoms with Gasteiger partial charge in [-0.25, -0.2) is 15.8 Å². The number of amides is 2. The van der Waals surface area contributed by atoms with Crippen LogP contribution in [0.5, 0.6) is 0 Å². The number of benzene rings is 3. The van der Waals surface area contributed by atoms with Crippen molar-refractivity contribution < 1.29 is 14.7 Å². The molecule has 4 aromatic rings. The summed E-state index contributed by atoms with van der Waals surface area (Å²) in [4.78, 5) is 33.4. The van der Waals surface area contributed by atoms with Crippen molar-refractivity contribution in [2.75, 3.05) is 5.01 Å². The monoisotopic (exact) mass is 491 g/mol. The first-order chi connectivity index (χ1) is 16.8. The van der Waals surface area contributed by atoms with Gasteiger partial charge in [0, 0.05) is 10.6 Å². The minimum Gasteiger partial charge on any atom is -0.381 e. The molecule has 180 valence electrons. The molecule has 0 aliphatic heterocycles. The van der Waals surface area contributed by atoms with E-state index in [1.54, 1.807) is 54.6 Å². The Hall–Kier alpha value is -3.72. The fourth-order valence-corrected chi connectivity index (χ4v) is 4.04. The molecule has 0 saturated heterocycles. The van der Waals surface area contributed by atoms with E-state index in [1.807, 2.05) is 12.1 Å². The number of nitrogens with one attached hydrogen (secondary N) is 2. The van der Waals surface area contributed by atoms with Gasteiger partial charge in [-0.15, -0.1) is 0 Å². The number of aromatic amines is 1. The van der Waals surface area contributed by atoms with E-state index in [-0.39, 0.29) is 0 Å². The number of anilines is 1. The maximum Gasteiger partial charge on any atom is 0.272 e. The number of hydrogen-bond donors (Lipinski definition) is 4. The van der Waals surface area contributed by atoms with Crippen LogP contribution in [0.3, 0.4) is 0 Å². The maximum atomic E-state index is 13.2. The Morgan fingerprint density at radius 1 is 1.09 bits per heavy atom. The molecule has 1 heterocycles. The van der Waals surface area contributed by atoms with Crippen LogP contribution in [0.15, 0.2) is 73.1 Å². The molecular weight excluding hydrogens is 466 g/mol. The molecule has 0 saturated carbocycles. The number of halogens is 1. The molecule has 0 spiro atoms. The number of nitrogens with zero attached hydrogens (tertiary/aromatic N) is 2. The largest absolute Gasteiger partial charge is 0.381 e. The van der Waals surface area contributed by atoms with Crippen LogP contribution >= 0.6 is 11.6 Å². The van der Waals surface area contributed by atoms with Crippen LogP contribution < -0.4 is 16.2 Å². The lowest BCUT2D eigenvalue weighted by molar-refractivity contribution is -0.128. The molecule has 2 atom stereocenters. The van der Waals surface area contributed by atoms with Crippen LogP contribution in [0.1, 0.15) is 47.3 Å². The van der Waals surface area contributed by atoms with Gasteiger partial charge in [0.2, 0.25) is 0 Å². The molecule has 35 heavy (non-hydrogen) atoms. The number of hydrazine groups is 1. The number of hydrogen-bond acceptors (Lipinski definition) is 5. The zero-order valence-electron chi connectivity index (χ0n) is 19.3. The number of imidazole rings is 1. The molecule has 5 N–H and O–H groups in total. The Labute approximate surface area is 207 Å². The van der Waals surface area contributed by atoms with Gasteiger partial charge in [-0.05, 0) is 53.4 Å². The number of aliphatic hydroxyl groups is 1. The van der Waals surface area contributed by atoms with Gasteiger partial charge in [-0.1, -0.05) is 55.8 Å². The standard InChI is InChI=1S/C26H26ClN5O3/c1-15(2)16-7-9-17(10-8-16)25(34)31-23(19-5-3-4-6-20(19)27)24(33)26(35)32(28)18-11-12-21-22(13-18)30-14-29-21/h3-15,23-24,33H,28H2,1-2H3,(H,29,30)(H,31,34). The second-order valence-electron chi connectivity index (χ2n) is 8.51. The Bertz CT molecular complexity index is 1350. The summed E-state index contributed by atoms with van der Waals surface area (Å²) in [7, 11) is 0. The van der Waals surface area contributed by atoms with Crippen molar-refractivity contribution in [1.29, 1.82) is 0 Å². The third kappa shape index (κ3) is 5.19. The molecule has 9 heteroatoms. The lowest BCUT2D eigenvalue weighted by Gasteiger charge is -2.28. The van der Waals surface area contributed by atoms with Gasteiger partial charge in [-0.3, -0.25) is 9.59 Å². The molecule has 8 nitrogen and oxygen atoms in total. The number of carbonyl (C=O) groups is 2. The number of fused-ring (bicyclic) bond motifs is 1. The smallest absolute Gasteiger partial charge is 0.272 e. The number of H-pyrrole nitrogens is 1. The van der Waals surface area contributed by atoms with E-state index >= 15 is 0 Å². The number of rotatable bonds is 7. The van der Waals surface area contributed by atoms with Gasteiger partial charge in [0.05, 0.1) is 29.1 Å². The third-order valence-electron chi connectivity index (χ3n) is 5.85. The second kappa shape index (κ2) is 10.3. The van der Waals surface area contributed by atoms with Crippen molar-refractivity contribution in [2.24, 2.45) is 5.84 Å². The first kappa shape index (κ1) is 24.4. The van der Waals surface area contributed by atoms with Gasteiger partial charge in [0.25, 0.3) is 11.8 Å². The van der Waals surface area contributed by atoms with Crippen LogP contribution in [-0.2, 0) is 4.79 Å². The highest BCUT2D eigenvalue weighted by molar-refractivity contribution is 6.31. The van der Waals surface area contributed by atoms with Crippen molar-refractivity contribution in [2.45, 2.75) is 31.9 Å². The highest BCUT2D eigenvalue weighted by Crippen LogP contribution is 2.28. The molecule has 0 aliphatic carbocycles. The van der Waals surface area contributed by atoms with E-state index < -0.39 is 24.0 Å². The molecule has 2 amide bonds. The first-order valence-corrected chi connectivity index (χ1v) is 11.5. The quantitative estimate of drug-likeness (QED) is 0.176. The Morgan fingerprint density at radius 3 is 2.49 bits per heavy atom. The summed E-state index contributed by atoms with van der Waals surface area (Å²) in [6.45, 7) is 4.13. The lowest BCUT2D eigenvalue weighted by Crippen LogP contribution is -2.50. The van der Waals surface area contributed by atoms with Gasteiger partial charge in [0.15, 0.2) is 6.10 Å². The minimum atomic E-state index is -1.71. The Balaban J connectivity index is 1.62. The Kier molecular flexibility index (Phi) is 7.16. The molecule has 0 fully saturated rings. The molecule has 0 bridgehead atoms. The topological polar surface area (TPSA) is 124 Å². The van der Waals surface area contributed by atoms with E-state index in [2.05, 4.69) is 29.1 Å². The average molecular weight is 492 g/mol. The molecule has 1 aromatic heterocycles. The van der Waals surface area contributed by atoms with Crippen molar-refractivity contribution in [1.82, 2.24) is 15.3 Å². The summed E-state index contributed by atoms with van der Waals surface area (Å²) < 4.78 is 0. The second-order valence-corrected chi connectivity index (χ2v) is 8.91. The van der Waals surface area contributed by atoms with Crippen LogP contribution in [0.2, 0.25) is 5.02 Å². The third-order valence-corrected chi connectivity index (χ3v) is 6.20. The van der Waals surface area contributed by atoms with Gasteiger partial charge in [0.1, 0.15) is 0 Å². The number of aliphatic hydroxyl groups excluding tert-OH is 1. The number of aromatic nitrogens is 2. The van der Waals surface area contributed by atoms with E-state index in [0.29, 0.717) is 38.8 Å². The highest BCUT2D eigenvalue weighted by atomic mass is 35.5. The predicted molar refractivity (Wildman–Crippen MR) is 136 cm³/mol. The fraction of sp³-hybridized carbons (Fsp3) is 0.192.